The molecule has 0 radical (unpaired) electrons. The monoisotopic (exact) mass is 300 g/mol. The van der Waals surface area contributed by atoms with Crippen LogP contribution < -0.4 is 0 Å². The molecule has 1 aromatic heterocycles. The molecule has 0 aliphatic carbocycles. The van der Waals surface area contributed by atoms with Crippen LogP contribution in [-0.2, 0) is 16.1 Å². The number of rotatable bonds is 6. The van der Waals surface area contributed by atoms with Gasteiger partial charge < -0.3 is 19.0 Å². The van der Waals surface area contributed by atoms with Gasteiger partial charge in [0.15, 0.2) is 0 Å². The van der Waals surface area contributed by atoms with Crippen molar-refractivity contribution >= 4 is 5.97 Å². The van der Waals surface area contributed by atoms with Gasteiger partial charge >= 0.3 is 5.97 Å². The summed E-state index contributed by atoms with van der Waals surface area (Å²) in [6.07, 6.45) is 0. The number of hydrogen-bond donors (Lipinski definition) is 1. The smallest absolute Gasteiger partial charge is 0.371 e. The second-order valence-electron chi connectivity index (χ2n) is 6.02. The minimum atomic E-state index is -1.08. The number of hydrogen-bond acceptors (Lipinski definition) is 4. The fourth-order valence-corrected chi connectivity index (χ4v) is 1.27. The van der Waals surface area contributed by atoms with E-state index in [2.05, 4.69) is 0 Å². The zero-order valence-corrected chi connectivity index (χ0v) is 14.1. The molecule has 0 spiro atoms. The van der Waals surface area contributed by atoms with Crippen LogP contribution in [0.1, 0.15) is 64.8 Å². The Kier molecular flexibility index (Phi) is 7.68. The Bertz CT molecular complexity index is 426. The zero-order chi connectivity index (χ0) is 16.7. The van der Waals surface area contributed by atoms with Crippen LogP contribution in [0.15, 0.2) is 16.5 Å². The molecule has 21 heavy (non-hydrogen) atoms. The van der Waals surface area contributed by atoms with Crippen molar-refractivity contribution in [1.82, 2.24) is 0 Å². The van der Waals surface area contributed by atoms with Gasteiger partial charge in [-0.25, -0.2) is 4.79 Å². The fraction of sp³-hybridized carbons (Fsp3) is 0.688. The Morgan fingerprint density at radius 2 is 1.71 bits per heavy atom. The van der Waals surface area contributed by atoms with Gasteiger partial charge in [-0.2, -0.15) is 0 Å². The number of carboxylic acid groups (broad SMARTS) is 1. The van der Waals surface area contributed by atoms with Gasteiger partial charge in [0, 0.05) is 0 Å². The highest BCUT2D eigenvalue weighted by atomic mass is 16.6. The van der Waals surface area contributed by atoms with Crippen molar-refractivity contribution in [2.24, 2.45) is 0 Å². The first-order valence-corrected chi connectivity index (χ1v) is 7.19. The van der Waals surface area contributed by atoms with E-state index < -0.39 is 11.6 Å². The Balaban J connectivity index is 0.00000191. The molecule has 5 heteroatoms. The molecule has 122 valence electrons. The second-order valence-corrected chi connectivity index (χ2v) is 6.02. The van der Waals surface area contributed by atoms with Gasteiger partial charge in [0.25, 0.3) is 0 Å². The first-order chi connectivity index (χ1) is 9.59. The topological polar surface area (TPSA) is 68.9 Å². The maximum Gasteiger partial charge on any atom is 0.371 e. The Labute approximate surface area is 127 Å². The Hall–Kier alpha value is -1.33. The van der Waals surface area contributed by atoms with Crippen LogP contribution in [0.25, 0.3) is 0 Å². The van der Waals surface area contributed by atoms with Crippen LogP contribution in [0.2, 0.25) is 0 Å². The van der Waals surface area contributed by atoms with Gasteiger partial charge in [-0.1, -0.05) is 13.8 Å². The first-order valence-electron chi connectivity index (χ1n) is 7.19. The lowest BCUT2D eigenvalue weighted by Gasteiger charge is -2.29. The molecule has 0 aromatic carbocycles. The molecule has 1 aromatic rings. The normalized spacial score (nSPS) is 11.8. The van der Waals surface area contributed by atoms with E-state index in [4.69, 9.17) is 19.0 Å². The summed E-state index contributed by atoms with van der Waals surface area (Å²) in [5.41, 5.74) is -0.689. The molecule has 1 N–H and O–H groups in total. The minimum absolute atomic E-state index is 0.0812. The standard InChI is InChI=1S/C14H22O5.C2H6/c1-13(2,3)18-9-14(4,5)17-8-10-6-7-11(19-10)12(15)16;1-2/h6-7H,8-9H2,1-5H3,(H,15,16);1-2H3. The molecule has 0 amide bonds. The predicted molar refractivity (Wildman–Crippen MR) is 81.6 cm³/mol. The number of aromatic carboxylic acids is 1. The quantitative estimate of drug-likeness (QED) is 0.856. The van der Waals surface area contributed by atoms with Crippen LogP contribution in [0, 0.1) is 0 Å². The largest absolute Gasteiger partial charge is 0.475 e. The van der Waals surface area contributed by atoms with E-state index >= 15 is 0 Å². The highest BCUT2D eigenvalue weighted by molar-refractivity contribution is 5.84. The van der Waals surface area contributed by atoms with E-state index in [0.29, 0.717) is 12.4 Å². The van der Waals surface area contributed by atoms with Crippen molar-refractivity contribution < 1.29 is 23.8 Å². The Morgan fingerprint density at radius 1 is 1.14 bits per heavy atom. The van der Waals surface area contributed by atoms with Crippen molar-refractivity contribution in [2.75, 3.05) is 6.61 Å². The summed E-state index contributed by atoms with van der Waals surface area (Å²) in [5.74, 6) is -0.676. The summed E-state index contributed by atoms with van der Waals surface area (Å²) in [6.45, 7) is 14.4. The van der Waals surface area contributed by atoms with Gasteiger partial charge in [0.2, 0.25) is 5.76 Å². The molecule has 0 aliphatic rings. The third-order valence-electron chi connectivity index (χ3n) is 2.33. The molecule has 0 unspecified atom stereocenters. The van der Waals surface area contributed by atoms with Crippen LogP contribution in [0.4, 0.5) is 0 Å². The number of carboxylic acids is 1. The molecule has 0 aliphatic heterocycles. The van der Waals surface area contributed by atoms with Gasteiger partial charge in [-0.05, 0) is 46.8 Å². The summed E-state index contributed by atoms with van der Waals surface area (Å²) >= 11 is 0. The highest BCUT2D eigenvalue weighted by Gasteiger charge is 2.23. The first kappa shape index (κ1) is 19.7. The van der Waals surface area contributed by atoms with Crippen molar-refractivity contribution in [3.05, 3.63) is 23.7 Å². The van der Waals surface area contributed by atoms with Crippen molar-refractivity contribution in [1.29, 1.82) is 0 Å². The minimum Gasteiger partial charge on any atom is -0.475 e. The summed E-state index contributed by atoms with van der Waals surface area (Å²) in [6, 6.07) is 3.02. The molecule has 0 bridgehead atoms. The lowest BCUT2D eigenvalue weighted by molar-refractivity contribution is -0.122. The van der Waals surface area contributed by atoms with E-state index in [-0.39, 0.29) is 18.0 Å². The molecular weight excluding hydrogens is 272 g/mol. The fourth-order valence-electron chi connectivity index (χ4n) is 1.27. The highest BCUT2D eigenvalue weighted by Crippen LogP contribution is 2.18. The lowest BCUT2D eigenvalue weighted by atomic mass is 10.1. The molecule has 1 heterocycles. The van der Waals surface area contributed by atoms with Gasteiger partial charge in [0.1, 0.15) is 12.4 Å². The molecular formula is C16H28O5. The number of ether oxygens (including phenoxy) is 2. The molecule has 1 rings (SSSR count). The van der Waals surface area contributed by atoms with Crippen LogP contribution in [0.5, 0.6) is 0 Å². The number of furan rings is 1. The van der Waals surface area contributed by atoms with Crippen molar-refractivity contribution in [2.45, 2.75) is 66.3 Å². The predicted octanol–water partition coefficient (Wildman–Crippen LogP) is 4.11. The maximum absolute atomic E-state index is 10.7. The molecule has 0 saturated carbocycles. The summed E-state index contributed by atoms with van der Waals surface area (Å²) in [7, 11) is 0. The Morgan fingerprint density at radius 3 is 2.14 bits per heavy atom. The molecule has 0 fully saturated rings. The molecule has 5 nitrogen and oxygen atoms in total. The van der Waals surface area contributed by atoms with Crippen LogP contribution in [0.3, 0.4) is 0 Å². The van der Waals surface area contributed by atoms with E-state index in [1.807, 2.05) is 48.5 Å². The maximum atomic E-state index is 10.7. The van der Waals surface area contributed by atoms with E-state index in [1.165, 1.54) is 6.07 Å². The zero-order valence-electron chi connectivity index (χ0n) is 14.1. The third kappa shape index (κ3) is 8.52. The summed E-state index contributed by atoms with van der Waals surface area (Å²) in [4.78, 5) is 10.7. The van der Waals surface area contributed by atoms with Crippen molar-refractivity contribution in [3.8, 4) is 0 Å². The van der Waals surface area contributed by atoms with E-state index in [0.717, 1.165) is 0 Å². The van der Waals surface area contributed by atoms with Gasteiger partial charge in [-0.15, -0.1) is 0 Å². The SMILES string of the molecule is CC.CC(C)(C)OCC(C)(C)OCc1ccc(C(=O)O)o1. The van der Waals surface area contributed by atoms with E-state index in [1.54, 1.807) is 6.07 Å². The van der Waals surface area contributed by atoms with Crippen LogP contribution in [-0.4, -0.2) is 28.9 Å². The lowest BCUT2D eigenvalue weighted by Crippen LogP contribution is -2.35. The summed E-state index contributed by atoms with van der Waals surface area (Å²) < 4.78 is 16.5. The van der Waals surface area contributed by atoms with Gasteiger partial charge in [0.05, 0.1) is 17.8 Å². The van der Waals surface area contributed by atoms with Gasteiger partial charge in [-0.3, -0.25) is 0 Å². The van der Waals surface area contributed by atoms with Crippen molar-refractivity contribution in [3.63, 3.8) is 0 Å². The second kappa shape index (κ2) is 8.20. The van der Waals surface area contributed by atoms with E-state index in [9.17, 15) is 4.79 Å². The average molecular weight is 300 g/mol. The number of carbonyl (C=O) groups is 1. The third-order valence-corrected chi connectivity index (χ3v) is 2.33. The summed E-state index contributed by atoms with van der Waals surface area (Å²) in [5, 5.41) is 8.75. The molecule has 0 atom stereocenters. The van der Waals surface area contributed by atoms with Crippen LogP contribution >= 0.6 is 0 Å². The average Bonchev–Trinajstić information content (AvgIpc) is 2.85. The molecule has 0 saturated heterocycles.